The first-order chi connectivity index (χ1) is 6.67. The molecule has 1 nitrogen and oxygen atoms in total. The molecule has 0 heterocycles. The van der Waals surface area contributed by atoms with E-state index in [9.17, 15) is 0 Å². The van der Waals surface area contributed by atoms with Crippen LogP contribution in [0.2, 0.25) is 0 Å². The fourth-order valence-electron chi connectivity index (χ4n) is 1.73. The number of benzene rings is 1. The van der Waals surface area contributed by atoms with E-state index in [1.54, 1.807) is 0 Å². The average Bonchev–Trinajstić information content (AvgIpc) is 2.19. The third kappa shape index (κ3) is 2.85. The zero-order valence-corrected chi connectivity index (χ0v) is 9.51. The minimum atomic E-state index is 0.635. The highest BCUT2D eigenvalue weighted by Crippen LogP contribution is 2.16. The Balaban J connectivity index is 2.79. The smallest absolute Gasteiger partial charge is 0.00458 e. The predicted octanol–water partition coefficient (Wildman–Crippen LogP) is 2.83. The zero-order chi connectivity index (χ0) is 10.6. The number of aryl methyl sites for hydroxylation is 2. The van der Waals surface area contributed by atoms with Gasteiger partial charge in [-0.1, -0.05) is 37.1 Å². The van der Waals surface area contributed by atoms with E-state index < -0.39 is 0 Å². The first-order valence-corrected chi connectivity index (χ1v) is 5.43. The average molecular weight is 191 g/mol. The van der Waals surface area contributed by atoms with E-state index in [-0.39, 0.29) is 0 Å². The minimum Gasteiger partial charge on any atom is -0.330 e. The number of nitrogens with two attached hydrogens (primary N) is 1. The molecular formula is C13H21N. The molecule has 0 amide bonds. The molecule has 0 saturated carbocycles. The van der Waals surface area contributed by atoms with Gasteiger partial charge in [0, 0.05) is 0 Å². The molecule has 1 unspecified atom stereocenters. The predicted molar refractivity (Wildman–Crippen MR) is 62.5 cm³/mol. The lowest BCUT2D eigenvalue weighted by atomic mass is 9.93. The summed E-state index contributed by atoms with van der Waals surface area (Å²) in [5.41, 5.74) is 9.92. The van der Waals surface area contributed by atoms with Crippen molar-refractivity contribution in [2.24, 2.45) is 11.7 Å². The van der Waals surface area contributed by atoms with Crippen molar-refractivity contribution in [3.05, 3.63) is 34.9 Å². The summed E-state index contributed by atoms with van der Waals surface area (Å²) in [6, 6.07) is 6.66. The topological polar surface area (TPSA) is 26.0 Å². The van der Waals surface area contributed by atoms with E-state index >= 15 is 0 Å². The molecule has 0 aromatic heterocycles. The van der Waals surface area contributed by atoms with Crippen LogP contribution in [0.3, 0.4) is 0 Å². The molecular weight excluding hydrogens is 170 g/mol. The van der Waals surface area contributed by atoms with Gasteiger partial charge in [-0.2, -0.15) is 0 Å². The first kappa shape index (κ1) is 11.3. The van der Waals surface area contributed by atoms with Crippen LogP contribution < -0.4 is 5.73 Å². The van der Waals surface area contributed by atoms with Gasteiger partial charge in [-0.05, 0) is 43.9 Å². The van der Waals surface area contributed by atoms with Crippen molar-refractivity contribution in [2.75, 3.05) is 6.54 Å². The lowest BCUT2D eigenvalue weighted by Gasteiger charge is -2.14. The Labute approximate surface area is 87.3 Å². The van der Waals surface area contributed by atoms with E-state index in [0.29, 0.717) is 5.92 Å². The molecule has 1 rings (SSSR count). The Morgan fingerprint density at radius 3 is 2.57 bits per heavy atom. The molecule has 0 saturated heterocycles. The molecule has 0 radical (unpaired) electrons. The Morgan fingerprint density at radius 1 is 1.29 bits per heavy atom. The molecule has 0 aliphatic heterocycles. The van der Waals surface area contributed by atoms with E-state index in [0.717, 1.165) is 13.0 Å². The highest BCUT2D eigenvalue weighted by atomic mass is 14.5. The van der Waals surface area contributed by atoms with Gasteiger partial charge in [0.2, 0.25) is 0 Å². The summed E-state index contributed by atoms with van der Waals surface area (Å²) in [4.78, 5) is 0. The minimum absolute atomic E-state index is 0.635. The first-order valence-electron chi connectivity index (χ1n) is 5.43. The van der Waals surface area contributed by atoms with Crippen molar-refractivity contribution in [1.82, 2.24) is 0 Å². The maximum absolute atomic E-state index is 5.72. The Bertz CT molecular complexity index is 287. The van der Waals surface area contributed by atoms with E-state index in [1.165, 1.54) is 23.1 Å². The quantitative estimate of drug-likeness (QED) is 0.778. The van der Waals surface area contributed by atoms with Gasteiger partial charge in [0.05, 0.1) is 0 Å². The molecule has 2 N–H and O–H groups in total. The van der Waals surface area contributed by atoms with Crippen LogP contribution in [0.25, 0.3) is 0 Å². The van der Waals surface area contributed by atoms with Gasteiger partial charge in [0.1, 0.15) is 0 Å². The Hall–Kier alpha value is -0.820. The fraction of sp³-hybridized carbons (Fsp3) is 0.538. The summed E-state index contributed by atoms with van der Waals surface area (Å²) in [6.45, 7) is 7.33. The fourth-order valence-corrected chi connectivity index (χ4v) is 1.73. The molecule has 78 valence electrons. The van der Waals surface area contributed by atoms with Gasteiger partial charge in [0.25, 0.3) is 0 Å². The highest BCUT2D eigenvalue weighted by molar-refractivity contribution is 5.30. The lowest BCUT2D eigenvalue weighted by Crippen LogP contribution is -2.16. The molecule has 0 aliphatic carbocycles. The monoisotopic (exact) mass is 191 g/mol. The Morgan fingerprint density at radius 2 is 2.00 bits per heavy atom. The van der Waals surface area contributed by atoms with Gasteiger partial charge in [-0.25, -0.2) is 0 Å². The van der Waals surface area contributed by atoms with Crippen LogP contribution in [0.4, 0.5) is 0 Å². The summed E-state index contributed by atoms with van der Waals surface area (Å²) in [6.07, 6.45) is 2.30. The van der Waals surface area contributed by atoms with Crippen molar-refractivity contribution in [1.29, 1.82) is 0 Å². The second-order valence-electron chi connectivity index (χ2n) is 4.14. The lowest BCUT2D eigenvalue weighted by molar-refractivity contribution is 0.517. The van der Waals surface area contributed by atoms with Gasteiger partial charge in [-0.15, -0.1) is 0 Å². The van der Waals surface area contributed by atoms with Crippen LogP contribution in [0.1, 0.15) is 30.0 Å². The third-order valence-corrected chi connectivity index (χ3v) is 2.92. The zero-order valence-electron chi connectivity index (χ0n) is 9.51. The van der Waals surface area contributed by atoms with Crippen LogP contribution in [0.5, 0.6) is 0 Å². The van der Waals surface area contributed by atoms with Crippen molar-refractivity contribution < 1.29 is 0 Å². The van der Waals surface area contributed by atoms with Gasteiger partial charge >= 0.3 is 0 Å². The summed E-state index contributed by atoms with van der Waals surface area (Å²) in [7, 11) is 0. The summed E-state index contributed by atoms with van der Waals surface area (Å²) < 4.78 is 0. The van der Waals surface area contributed by atoms with Crippen LogP contribution in [0, 0.1) is 19.8 Å². The van der Waals surface area contributed by atoms with E-state index in [4.69, 9.17) is 5.73 Å². The Kier molecular flexibility index (Phi) is 4.15. The highest BCUT2D eigenvalue weighted by Gasteiger charge is 2.07. The molecule has 1 atom stereocenters. The van der Waals surface area contributed by atoms with Crippen LogP contribution in [0.15, 0.2) is 18.2 Å². The van der Waals surface area contributed by atoms with Crippen molar-refractivity contribution in [3.63, 3.8) is 0 Å². The van der Waals surface area contributed by atoms with Crippen molar-refractivity contribution in [2.45, 2.75) is 33.6 Å². The van der Waals surface area contributed by atoms with E-state index in [1.807, 2.05) is 0 Å². The summed E-state index contributed by atoms with van der Waals surface area (Å²) in [5, 5.41) is 0. The van der Waals surface area contributed by atoms with Gasteiger partial charge in [0.15, 0.2) is 0 Å². The molecule has 1 heteroatoms. The summed E-state index contributed by atoms with van der Waals surface area (Å²) >= 11 is 0. The molecule has 0 aliphatic rings. The molecule has 1 aromatic rings. The van der Waals surface area contributed by atoms with Crippen LogP contribution in [-0.4, -0.2) is 6.54 Å². The third-order valence-electron chi connectivity index (χ3n) is 2.92. The SMILES string of the molecule is CCC(CN)Cc1cc(C)ccc1C. The normalized spacial score (nSPS) is 12.9. The molecule has 14 heavy (non-hydrogen) atoms. The van der Waals surface area contributed by atoms with Crippen molar-refractivity contribution >= 4 is 0 Å². The van der Waals surface area contributed by atoms with E-state index in [2.05, 4.69) is 39.0 Å². The van der Waals surface area contributed by atoms with Crippen LogP contribution in [-0.2, 0) is 6.42 Å². The maximum Gasteiger partial charge on any atom is -0.00458 e. The van der Waals surface area contributed by atoms with Gasteiger partial charge < -0.3 is 5.73 Å². The van der Waals surface area contributed by atoms with Crippen molar-refractivity contribution in [3.8, 4) is 0 Å². The molecule has 0 spiro atoms. The molecule has 1 aromatic carbocycles. The number of hydrogen-bond acceptors (Lipinski definition) is 1. The standard InChI is InChI=1S/C13H21N/c1-4-12(9-14)8-13-7-10(2)5-6-11(13)3/h5-7,12H,4,8-9,14H2,1-3H3. The molecule has 0 fully saturated rings. The second-order valence-corrected chi connectivity index (χ2v) is 4.14. The summed E-state index contributed by atoms with van der Waals surface area (Å²) in [5.74, 6) is 0.635. The second kappa shape index (κ2) is 5.16. The maximum atomic E-state index is 5.72. The number of hydrogen-bond donors (Lipinski definition) is 1. The number of rotatable bonds is 4. The van der Waals surface area contributed by atoms with Gasteiger partial charge in [-0.3, -0.25) is 0 Å². The van der Waals surface area contributed by atoms with Crippen LogP contribution >= 0.6 is 0 Å². The molecule has 0 bridgehead atoms. The largest absolute Gasteiger partial charge is 0.330 e.